The number of rotatable bonds is 6. The number of benzene rings is 2. The molecule has 1 aliphatic rings. The summed E-state index contributed by atoms with van der Waals surface area (Å²) in [6.45, 7) is 5.06. The molecule has 0 bridgehead atoms. The fourth-order valence-corrected chi connectivity index (χ4v) is 3.80. The Balaban J connectivity index is 1.83. The Bertz CT molecular complexity index is 1020. The number of carbonyl (C=O) groups excluding carboxylic acids is 3. The lowest BCUT2D eigenvalue weighted by atomic mass is 9.86. The van der Waals surface area contributed by atoms with Crippen molar-refractivity contribution in [3.05, 3.63) is 58.1 Å². The second kappa shape index (κ2) is 8.36. The van der Waals surface area contributed by atoms with Crippen LogP contribution in [0.15, 0.2) is 36.4 Å². The summed E-state index contributed by atoms with van der Waals surface area (Å²) in [4.78, 5) is 39.4. The van der Waals surface area contributed by atoms with Gasteiger partial charge in [-0.2, -0.15) is 0 Å². The summed E-state index contributed by atoms with van der Waals surface area (Å²) >= 11 is 6.08. The van der Waals surface area contributed by atoms with Gasteiger partial charge in [0.05, 0.1) is 7.11 Å². The molecule has 0 radical (unpaired) electrons. The summed E-state index contributed by atoms with van der Waals surface area (Å²) in [6.07, 6.45) is 0.342. The molecular weight excluding hydrogens is 406 g/mol. The summed E-state index contributed by atoms with van der Waals surface area (Å²) in [5.74, 6) is -0.255. The number of amides is 4. The van der Waals surface area contributed by atoms with Crippen LogP contribution < -0.4 is 15.4 Å². The van der Waals surface area contributed by atoms with E-state index < -0.39 is 29.9 Å². The number of urea groups is 1. The van der Waals surface area contributed by atoms with Crippen molar-refractivity contribution in [2.45, 2.75) is 32.7 Å². The maximum atomic E-state index is 13.3. The molecule has 158 valence electrons. The standard InChI is InChI=1S/C22H24ClN3O4/c1-5-22(15-9-10-18(30-4)13(2)11-15)20(28)26(21(29)25-22)12-19(27)24-17-8-6-7-16(23)14(17)3/h6-11H,5,12H2,1-4H3,(H,24,27)(H,25,29). The van der Waals surface area contributed by atoms with Crippen molar-refractivity contribution in [3.63, 3.8) is 0 Å². The van der Waals surface area contributed by atoms with Crippen molar-refractivity contribution < 1.29 is 19.1 Å². The molecule has 1 fully saturated rings. The van der Waals surface area contributed by atoms with E-state index in [1.54, 1.807) is 44.4 Å². The van der Waals surface area contributed by atoms with Crippen LogP contribution in [0.4, 0.5) is 10.5 Å². The molecule has 0 saturated carbocycles. The molecule has 2 aromatic rings. The van der Waals surface area contributed by atoms with Gasteiger partial charge >= 0.3 is 6.03 Å². The molecule has 1 saturated heterocycles. The molecule has 0 spiro atoms. The van der Waals surface area contributed by atoms with Gasteiger partial charge in [0.25, 0.3) is 5.91 Å². The first-order valence-electron chi connectivity index (χ1n) is 9.57. The molecule has 2 N–H and O–H groups in total. The Morgan fingerprint density at radius 2 is 1.97 bits per heavy atom. The number of carbonyl (C=O) groups is 3. The number of ether oxygens (including phenoxy) is 1. The first-order chi connectivity index (χ1) is 14.2. The number of methoxy groups -OCH3 is 1. The van der Waals surface area contributed by atoms with Crippen LogP contribution in [0.5, 0.6) is 5.75 Å². The molecule has 0 aromatic heterocycles. The molecular formula is C22H24ClN3O4. The summed E-state index contributed by atoms with van der Waals surface area (Å²) < 4.78 is 5.28. The SMILES string of the molecule is CCC1(c2ccc(OC)c(C)c2)NC(=O)N(CC(=O)Nc2cccc(Cl)c2C)C1=O. The third-order valence-electron chi connectivity index (χ3n) is 5.44. The zero-order valence-electron chi connectivity index (χ0n) is 17.3. The normalized spacial score (nSPS) is 18.4. The van der Waals surface area contributed by atoms with Crippen molar-refractivity contribution >= 4 is 35.1 Å². The predicted octanol–water partition coefficient (Wildman–Crippen LogP) is 3.76. The van der Waals surface area contributed by atoms with Crippen LogP contribution in [0.25, 0.3) is 0 Å². The van der Waals surface area contributed by atoms with Crippen molar-refractivity contribution in [1.29, 1.82) is 0 Å². The number of anilines is 1. The van der Waals surface area contributed by atoms with E-state index in [-0.39, 0.29) is 0 Å². The molecule has 30 heavy (non-hydrogen) atoms. The molecule has 0 aliphatic carbocycles. The fraction of sp³-hybridized carbons (Fsp3) is 0.318. The Hall–Kier alpha value is -3.06. The van der Waals surface area contributed by atoms with E-state index in [0.29, 0.717) is 34.0 Å². The van der Waals surface area contributed by atoms with Crippen LogP contribution in [0.3, 0.4) is 0 Å². The van der Waals surface area contributed by atoms with Crippen molar-refractivity contribution in [1.82, 2.24) is 10.2 Å². The lowest BCUT2D eigenvalue weighted by Crippen LogP contribution is -2.44. The van der Waals surface area contributed by atoms with Crippen LogP contribution in [-0.4, -0.2) is 36.4 Å². The van der Waals surface area contributed by atoms with Gasteiger partial charge in [-0.05, 0) is 61.2 Å². The Morgan fingerprint density at radius 1 is 1.23 bits per heavy atom. The third-order valence-corrected chi connectivity index (χ3v) is 5.85. The van der Waals surface area contributed by atoms with Crippen LogP contribution in [0.2, 0.25) is 5.02 Å². The van der Waals surface area contributed by atoms with Gasteiger partial charge in [-0.25, -0.2) is 4.79 Å². The maximum Gasteiger partial charge on any atom is 0.325 e. The minimum atomic E-state index is -1.22. The lowest BCUT2D eigenvalue weighted by molar-refractivity contribution is -0.134. The average molecular weight is 430 g/mol. The fourth-order valence-electron chi connectivity index (χ4n) is 3.63. The monoisotopic (exact) mass is 429 g/mol. The van der Waals surface area contributed by atoms with E-state index in [0.717, 1.165) is 10.5 Å². The van der Waals surface area contributed by atoms with E-state index in [4.69, 9.17) is 16.3 Å². The van der Waals surface area contributed by atoms with Gasteiger partial charge in [0.1, 0.15) is 17.8 Å². The second-order valence-electron chi connectivity index (χ2n) is 7.23. The topological polar surface area (TPSA) is 87.7 Å². The van der Waals surface area contributed by atoms with E-state index in [2.05, 4.69) is 10.6 Å². The van der Waals surface area contributed by atoms with E-state index in [1.807, 2.05) is 19.9 Å². The summed E-state index contributed by atoms with van der Waals surface area (Å²) in [5, 5.41) is 6.01. The summed E-state index contributed by atoms with van der Waals surface area (Å²) in [7, 11) is 1.57. The molecule has 1 atom stereocenters. The van der Waals surface area contributed by atoms with Gasteiger partial charge in [0.15, 0.2) is 0 Å². The van der Waals surface area contributed by atoms with Crippen molar-refractivity contribution in [2.75, 3.05) is 19.0 Å². The molecule has 3 rings (SSSR count). The quantitative estimate of drug-likeness (QED) is 0.684. The average Bonchev–Trinajstić information content (AvgIpc) is 2.96. The van der Waals surface area contributed by atoms with E-state index >= 15 is 0 Å². The largest absolute Gasteiger partial charge is 0.496 e. The number of halogens is 1. The van der Waals surface area contributed by atoms with Crippen LogP contribution in [0, 0.1) is 13.8 Å². The Labute approximate surface area is 180 Å². The molecule has 1 heterocycles. The van der Waals surface area contributed by atoms with Gasteiger partial charge in [-0.1, -0.05) is 30.7 Å². The Morgan fingerprint density at radius 3 is 2.60 bits per heavy atom. The third kappa shape index (κ3) is 3.73. The second-order valence-corrected chi connectivity index (χ2v) is 7.63. The van der Waals surface area contributed by atoms with Crippen molar-refractivity contribution in [3.8, 4) is 5.75 Å². The summed E-state index contributed by atoms with van der Waals surface area (Å²) in [5.41, 5.74) is 1.52. The zero-order chi connectivity index (χ0) is 22.1. The molecule has 1 unspecified atom stereocenters. The highest BCUT2D eigenvalue weighted by atomic mass is 35.5. The molecule has 2 aromatic carbocycles. The highest BCUT2D eigenvalue weighted by Gasteiger charge is 2.51. The first-order valence-corrected chi connectivity index (χ1v) is 9.95. The number of hydrogen-bond acceptors (Lipinski definition) is 4. The number of nitrogens with one attached hydrogen (secondary N) is 2. The van der Waals surface area contributed by atoms with Crippen LogP contribution in [-0.2, 0) is 15.1 Å². The van der Waals surface area contributed by atoms with Gasteiger partial charge in [-0.3, -0.25) is 14.5 Å². The van der Waals surface area contributed by atoms with Crippen molar-refractivity contribution in [2.24, 2.45) is 0 Å². The smallest absolute Gasteiger partial charge is 0.325 e. The number of hydrogen-bond donors (Lipinski definition) is 2. The number of aryl methyl sites for hydroxylation is 1. The van der Waals surface area contributed by atoms with Gasteiger partial charge < -0.3 is 15.4 Å². The molecule has 1 aliphatic heterocycles. The lowest BCUT2D eigenvalue weighted by Gasteiger charge is -2.26. The molecule has 7 nitrogen and oxygen atoms in total. The minimum absolute atomic E-state index is 0.342. The van der Waals surface area contributed by atoms with Gasteiger partial charge in [0, 0.05) is 10.7 Å². The van der Waals surface area contributed by atoms with E-state index in [1.165, 1.54) is 0 Å². The zero-order valence-corrected chi connectivity index (χ0v) is 18.1. The van der Waals surface area contributed by atoms with Crippen LogP contribution in [0.1, 0.15) is 30.0 Å². The summed E-state index contributed by atoms with van der Waals surface area (Å²) in [6, 6.07) is 9.88. The van der Waals surface area contributed by atoms with Gasteiger partial charge in [-0.15, -0.1) is 0 Å². The van der Waals surface area contributed by atoms with E-state index in [9.17, 15) is 14.4 Å². The molecule has 8 heteroatoms. The highest BCUT2D eigenvalue weighted by Crippen LogP contribution is 2.34. The highest BCUT2D eigenvalue weighted by molar-refractivity contribution is 6.31. The Kier molecular flexibility index (Phi) is 6.03. The van der Waals surface area contributed by atoms with Gasteiger partial charge in [0.2, 0.25) is 5.91 Å². The van der Waals surface area contributed by atoms with Crippen LogP contribution >= 0.6 is 11.6 Å². The minimum Gasteiger partial charge on any atom is -0.496 e. The predicted molar refractivity (Wildman–Crippen MR) is 115 cm³/mol. The number of imide groups is 1. The first kappa shape index (κ1) is 21.6. The maximum absolute atomic E-state index is 13.3. The number of nitrogens with zero attached hydrogens (tertiary/aromatic N) is 1. The molecule has 4 amide bonds.